The SMILES string of the molecule is CCCCCCOC(=O)C(CCCCCC)OC(=O)/C=C/C(=O)O. The molecule has 1 atom stereocenters. The monoisotopic (exact) mass is 342 g/mol. The topological polar surface area (TPSA) is 89.9 Å². The molecule has 0 fully saturated rings. The Bertz CT molecular complexity index is 402. The number of carboxylic acids is 1. The summed E-state index contributed by atoms with van der Waals surface area (Å²) in [5.41, 5.74) is 0. The normalized spacial score (nSPS) is 12.1. The van der Waals surface area contributed by atoms with Crippen LogP contribution in [0.2, 0.25) is 0 Å². The summed E-state index contributed by atoms with van der Waals surface area (Å²) in [4.78, 5) is 34.1. The number of carbonyl (C=O) groups excluding carboxylic acids is 2. The van der Waals surface area contributed by atoms with Gasteiger partial charge in [0, 0.05) is 12.2 Å². The first kappa shape index (κ1) is 22.1. The van der Waals surface area contributed by atoms with Gasteiger partial charge in [-0.3, -0.25) is 0 Å². The van der Waals surface area contributed by atoms with Crippen LogP contribution in [-0.2, 0) is 23.9 Å². The average molecular weight is 342 g/mol. The van der Waals surface area contributed by atoms with Gasteiger partial charge in [-0.15, -0.1) is 0 Å². The van der Waals surface area contributed by atoms with Crippen LogP contribution >= 0.6 is 0 Å². The molecule has 0 aromatic rings. The van der Waals surface area contributed by atoms with E-state index < -0.39 is 24.0 Å². The fourth-order valence-corrected chi connectivity index (χ4v) is 2.09. The maximum atomic E-state index is 12.1. The lowest BCUT2D eigenvalue weighted by atomic mass is 10.1. The van der Waals surface area contributed by atoms with Crippen molar-refractivity contribution in [2.75, 3.05) is 6.61 Å². The molecular weight excluding hydrogens is 312 g/mol. The molecular formula is C18H30O6. The van der Waals surface area contributed by atoms with Crippen LogP contribution in [-0.4, -0.2) is 35.7 Å². The Balaban J connectivity index is 4.41. The number of hydrogen-bond donors (Lipinski definition) is 1. The highest BCUT2D eigenvalue weighted by Gasteiger charge is 2.23. The maximum Gasteiger partial charge on any atom is 0.347 e. The summed E-state index contributed by atoms with van der Waals surface area (Å²) in [5, 5.41) is 8.51. The fourth-order valence-electron chi connectivity index (χ4n) is 2.09. The second-order valence-electron chi connectivity index (χ2n) is 5.67. The summed E-state index contributed by atoms with van der Waals surface area (Å²) < 4.78 is 10.2. The molecule has 0 aromatic heterocycles. The van der Waals surface area contributed by atoms with Gasteiger partial charge in [0.05, 0.1) is 6.61 Å². The number of unbranched alkanes of at least 4 members (excludes halogenated alkanes) is 6. The lowest BCUT2D eigenvalue weighted by Crippen LogP contribution is -2.29. The molecule has 24 heavy (non-hydrogen) atoms. The molecule has 0 aliphatic carbocycles. The molecule has 0 saturated carbocycles. The van der Waals surface area contributed by atoms with Gasteiger partial charge in [-0.25, -0.2) is 14.4 Å². The van der Waals surface area contributed by atoms with Crippen LogP contribution in [0.15, 0.2) is 12.2 Å². The van der Waals surface area contributed by atoms with Crippen LogP contribution in [0, 0.1) is 0 Å². The number of ether oxygens (including phenoxy) is 2. The molecule has 6 nitrogen and oxygen atoms in total. The Morgan fingerprint density at radius 1 is 0.917 bits per heavy atom. The molecule has 0 aliphatic heterocycles. The quantitative estimate of drug-likeness (QED) is 0.294. The summed E-state index contributed by atoms with van der Waals surface area (Å²) >= 11 is 0. The summed E-state index contributed by atoms with van der Waals surface area (Å²) in [6, 6.07) is 0. The second-order valence-corrected chi connectivity index (χ2v) is 5.67. The zero-order valence-electron chi connectivity index (χ0n) is 14.8. The van der Waals surface area contributed by atoms with E-state index in [1.807, 2.05) is 0 Å². The summed E-state index contributed by atoms with van der Waals surface area (Å²) in [6.45, 7) is 4.49. The van der Waals surface area contributed by atoms with Gasteiger partial charge in [-0.1, -0.05) is 52.4 Å². The third kappa shape index (κ3) is 12.7. The van der Waals surface area contributed by atoms with Gasteiger partial charge < -0.3 is 14.6 Å². The Morgan fingerprint density at radius 3 is 2.12 bits per heavy atom. The van der Waals surface area contributed by atoms with E-state index in [4.69, 9.17) is 14.6 Å². The Hall–Kier alpha value is -1.85. The molecule has 0 amide bonds. The van der Waals surface area contributed by atoms with Gasteiger partial charge in [0.25, 0.3) is 0 Å². The molecule has 0 rings (SSSR count). The lowest BCUT2D eigenvalue weighted by molar-refractivity contribution is -0.165. The molecule has 0 bridgehead atoms. The summed E-state index contributed by atoms with van der Waals surface area (Å²) in [7, 11) is 0. The van der Waals surface area contributed by atoms with Crippen molar-refractivity contribution in [3.05, 3.63) is 12.2 Å². The predicted octanol–water partition coefficient (Wildman–Crippen LogP) is 3.63. The molecule has 0 heterocycles. The molecule has 1 N–H and O–H groups in total. The number of carboxylic acid groups (broad SMARTS) is 1. The first-order chi connectivity index (χ1) is 11.5. The lowest BCUT2D eigenvalue weighted by Gasteiger charge is -2.16. The molecule has 1 unspecified atom stereocenters. The standard InChI is InChI=1S/C18H30O6/c1-3-5-7-9-11-15(24-17(21)13-12-16(19)20)18(22)23-14-10-8-6-4-2/h12-13,15H,3-11,14H2,1-2H3,(H,19,20)/b13-12+. The zero-order chi connectivity index (χ0) is 18.2. The third-order valence-corrected chi connectivity index (χ3v) is 3.45. The molecule has 0 saturated heterocycles. The summed E-state index contributed by atoms with van der Waals surface area (Å²) in [5.74, 6) is -2.65. The fraction of sp³-hybridized carbons (Fsp3) is 0.722. The van der Waals surface area contributed by atoms with Crippen LogP contribution in [0.1, 0.15) is 71.6 Å². The molecule has 0 aliphatic rings. The van der Waals surface area contributed by atoms with Crippen molar-refractivity contribution in [3.63, 3.8) is 0 Å². The van der Waals surface area contributed by atoms with Gasteiger partial charge in [-0.2, -0.15) is 0 Å². The van der Waals surface area contributed by atoms with Crippen LogP contribution < -0.4 is 0 Å². The number of hydrogen-bond acceptors (Lipinski definition) is 5. The zero-order valence-corrected chi connectivity index (χ0v) is 14.8. The van der Waals surface area contributed by atoms with E-state index in [-0.39, 0.29) is 0 Å². The Morgan fingerprint density at radius 2 is 1.54 bits per heavy atom. The highest BCUT2D eigenvalue weighted by molar-refractivity contribution is 5.92. The smallest absolute Gasteiger partial charge is 0.347 e. The first-order valence-electron chi connectivity index (χ1n) is 8.79. The van der Waals surface area contributed by atoms with E-state index in [1.165, 1.54) is 0 Å². The summed E-state index contributed by atoms with van der Waals surface area (Å²) in [6.07, 6.45) is 8.68. The molecule has 0 spiro atoms. The van der Waals surface area contributed by atoms with Crippen molar-refractivity contribution < 1.29 is 29.0 Å². The molecule has 0 aromatic carbocycles. The average Bonchev–Trinajstić information content (AvgIpc) is 2.55. The van der Waals surface area contributed by atoms with Crippen molar-refractivity contribution >= 4 is 17.9 Å². The number of rotatable bonds is 14. The highest BCUT2D eigenvalue weighted by atomic mass is 16.6. The maximum absolute atomic E-state index is 12.1. The second kappa shape index (κ2) is 14.7. The van der Waals surface area contributed by atoms with Gasteiger partial charge >= 0.3 is 17.9 Å². The minimum Gasteiger partial charge on any atom is -0.478 e. The molecule has 6 heteroatoms. The number of carbonyl (C=O) groups is 3. The first-order valence-corrected chi connectivity index (χ1v) is 8.79. The minimum atomic E-state index is -1.25. The highest BCUT2D eigenvalue weighted by Crippen LogP contribution is 2.11. The van der Waals surface area contributed by atoms with Gasteiger partial charge in [0.2, 0.25) is 0 Å². The largest absolute Gasteiger partial charge is 0.478 e. The number of aliphatic carboxylic acids is 1. The Labute approximate surface area is 144 Å². The minimum absolute atomic E-state index is 0.312. The van der Waals surface area contributed by atoms with Crippen molar-refractivity contribution in [2.45, 2.75) is 77.7 Å². The predicted molar refractivity (Wildman–Crippen MR) is 90.5 cm³/mol. The molecule has 138 valence electrons. The Kier molecular flexibility index (Phi) is 13.6. The third-order valence-electron chi connectivity index (χ3n) is 3.45. The van der Waals surface area contributed by atoms with Crippen molar-refractivity contribution in [1.82, 2.24) is 0 Å². The van der Waals surface area contributed by atoms with E-state index in [0.29, 0.717) is 19.1 Å². The van der Waals surface area contributed by atoms with Crippen LogP contribution in [0.3, 0.4) is 0 Å². The van der Waals surface area contributed by atoms with E-state index in [2.05, 4.69) is 13.8 Å². The van der Waals surface area contributed by atoms with E-state index in [9.17, 15) is 14.4 Å². The van der Waals surface area contributed by atoms with Gasteiger partial charge in [0.1, 0.15) is 0 Å². The molecule has 0 radical (unpaired) electrons. The van der Waals surface area contributed by atoms with Gasteiger partial charge in [0.15, 0.2) is 6.10 Å². The van der Waals surface area contributed by atoms with Crippen molar-refractivity contribution in [1.29, 1.82) is 0 Å². The van der Waals surface area contributed by atoms with E-state index >= 15 is 0 Å². The van der Waals surface area contributed by atoms with E-state index in [0.717, 1.165) is 57.4 Å². The van der Waals surface area contributed by atoms with Crippen LogP contribution in [0.5, 0.6) is 0 Å². The van der Waals surface area contributed by atoms with Crippen molar-refractivity contribution in [3.8, 4) is 0 Å². The van der Waals surface area contributed by atoms with E-state index in [1.54, 1.807) is 0 Å². The number of esters is 2. The van der Waals surface area contributed by atoms with Crippen LogP contribution in [0.4, 0.5) is 0 Å². The van der Waals surface area contributed by atoms with Gasteiger partial charge in [-0.05, 0) is 19.3 Å². The van der Waals surface area contributed by atoms with Crippen molar-refractivity contribution in [2.24, 2.45) is 0 Å². The van der Waals surface area contributed by atoms with Crippen LogP contribution in [0.25, 0.3) is 0 Å².